The SMILES string of the molecule is CCCc1nc2c(c(=O)[nH]1)CN(Cc1ccc(CC)s1)CC2. The van der Waals surface area contributed by atoms with Crippen molar-refractivity contribution in [3.8, 4) is 0 Å². The third kappa shape index (κ3) is 3.31. The zero-order valence-electron chi connectivity index (χ0n) is 13.3. The topological polar surface area (TPSA) is 49.0 Å². The normalized spacial score (nSPS) is 15.0. The second kappa shape index (κ2) is 6.75. The molecule has 3 heterocycles. The molecule has 1 aliphatic heterocycles. The maximum absolute atomic E-state index is 12.3. The Kier molecular flexibility index (Phi) is 4.74. The Bertz CT molecular complexity index is 704. The number of hydrogen-bond acceptors (Lipinski definition) is 4. The summed E-state index contributed by atoms with van der Waals surface area (Å²) in [6.45, 7) is 6.91. The van der Waals surface area contributed by atoms with Crippen LogP contribution in [0.3, 0.4) is 0 Å². The molecule has 1 aliphatic rings. The molecule has 0 bridgehead atoms. The van der Waals surface area contributed by atoms with Crippen molar-refractivity contribution in [2.75, 3.05) is 6.54 Å². The van der Waals surface area contributed by atoms with Gasteiger partial charge in [0.05, 0.1) is 11.3 Å². The summed E-state index contributed by atoms with van der Waals surface area (Å²) in [6.07, 6.45) is 3.83. The Hall–Kier alpha value is -1.46. The first-order valence-electron chi connectivity index (χ1n) is 8.10. The quantitative estimate of drug-likeness (QED) is 0.922. The van der Waals surface area contributed by atoms with Crippen LogP contribution in [0.25, 0.3) is 0 Å². The summed E-state index contributed by atoms with van der Waals surface area (Å²) in [7, 11) is 0. The number of H-pyrrole nitrogens is 1. The van der Waals surface area contributed by atoms with Gasteiger partial charge in [-0.2, -0.15) is 0 Å². The van der Waals surface area contributed by atoms with E-state index in [2.05, 4.69) is 40.8 Å². The number of thiophene rings is 1. The lowest BCUT2D eigenvalue weighted by Crippen LogP contribution is -2.35. The van der Waals surface area contributed by atoms with E-state index in [0.29, 0.717) is 6.54 Å². The van der Waals surface area contributed by atoms with E-state index < -0.39 is 0 Å². The molecular weight excluding hydrogens is 294 g/mol. The van der Waals surface area contributed by atoms with Crippen molar-refractivity contribution in [1.29, 1.82) is 0 Å². The van der Waals surface area contributed by atoms with Crippen molar-refractivity contribution in [1.82, 2.24) is 14.9 Å². The van der Waals surface area contributed by atoms with Crippen molar-refractivity contribution in [2.45, 2.75) is 52.6 Å². The molecule has 0 aliphatic carbocycles. The average molecular weight is 317 g/mol. The van der Waals surface area contributed by atoms with E-state index in [1.165, 1.54) is 9.75 Å². The van der Waals surface area contributed by atoms with Gasteiger partial charge in [0.2, 0.25) is 0 Å². The summed E-state index contributed by atoms with van der Waals surface area (Å²) < 4.78 is 0. The summed E-state index contributed by atoms with van der Waals surface area (Å²) in [5.41, 5.74) is 1.92. The first-order chi connectivity index (χ1) is 10.7. The predicted molar refractivity (Wildman–Crippen MR) is 90.4 cm³/mol. The van der Waals surface area contributed by atoms with Crippen molar-refractivity contribution < 1.29 is 0 Å². The van der Waals surface area contributed by atoms with Crippen LogP contribution in [-0.4, -0.2) is 21.4 Å². The van der Waals surface area contributed by atoms with Crippen LogP contribution in [0.4, 0.5) is 0 Å². The molecule has 0 aromatic carbocycles. The van der Waals surface area contributed by atoms with Gasteiger partial charge in [-0.1, -0.05) is 13.8 Å². The molecule has 5 heteroatoms. The highest BCUT2D eigenvalue weighted by atomic mass is 32.1. The van der Waals surface area contributed by atoms with Gasteiger partial charge in [-0.05, 0) is 25.0 Å². The Balaban J connectivity index is 1.74. The van der Waals surface area contributed by atoms with E-state index in [-0.39, 0.29) is 5.56 Å². The van der Waals surface area contributed by atoms with Crippen LogP contribution in [-0.2, 0) is 32.4 Å². The van der Waals surface area contributed by atoms with Crippen molar-refractivity contribution in [3.63, 3.8) is 0 Å². The van der Waals surface area contributed by atoms with E-state index in [1.807, 2.05) is 11.3 Å². The van der Waals surface area contributed by atoms with Gasteiger partial charge in [0.25, 0.3) is 5.56 Å². The number of hydrogen-bond donors (Lipinski definition) is 1. The number of rotatable bonds is 5. The van der Waals surface area contributed by atoms with Gasteiger partial charge in [-0.3, -0.25) is 9.69 Å². The minimum atomic E-state index is 0.0542. The number of aromatic nitrogens is 2. The van der Waals surface area contributed by atoms with E-state index in [1.54, 1.807) is 0 Å². The fourth-order valence-electron chi connectivity index (χ4n) is 2.94. The molecule has 0 unspecified atom stereocenters. The fraction of sp³-hybridized carbons (Fsp3) is 0.529. The van der Waals surface area contributed by atoms with Gasteiger partial charge in [0.1, 0.15) is 5.82 Å². The molecule has 1 N–H and O–H groups in total. The summed E-state index contributed by atoms with van der Waals surface area (Å²) >= 11 is 1.88. The van der Waals surface area contributed by atoms with E-state index in [9.17, 15) is 4.79 Å². The fourth-order valence-corrected chi connectivity index (χ4v) is 3.94. The molecule has 0 radical (unpaired) electrons. The second-order valence-corrected chi connectivity index (χ2v) is 7.12. The average Bonchev–Trinajstić information content (AvgIpc) is 2.96. The second-order valence-electron chi connectivity index (χ2n) is 5.87. The van der Waals surface area contributed by atoms with Crippen LogP contribution in [0.5, 0.6) is 0 Å². The molecule has 2 aromatic rings. The highest BCUT2D eigenvalue weighted by molar-refractivity contribution is 7.11. The third-order valence-corrected chi connectivity index (χ3v) is 5.34. The summed E-state index contributed by atoms with van der Waals surface area (Å²) in [6, 6.07) is 4.43. The minimum Gasteiger partial charge on any atom is -0.310 e. The number of nitrogens with zero attached hydrogens (tertiary/aromatic N) is 2. The summed E-state index contributed by atoms with van der Waals surface area (Å²) in [5, 5.41) is 0. The molecule has 0 saturated carbocycles. The monoisotopic (exact) mass is 317 g/mol. The van der Waals surface area contributed by atoms with E-state index >= 15 is 0 Å². The van der Waals surface area contributed by atoms with Crippen LogP contribution in [0.15, 0.2) is 16.9 Å². The lowest BCUT2D eigenvalue weighted by molar-refractivity contribution is 0.243. The van der Waals surface area contributed by atoms with Gasteiger partial charge in [-0.15, -0.1) is 11.3 Å². The van der Waals surface area contributed by atoms with Gasteiger partial charge >= 0.3 is 0 Å². The van der Waals surface area contributed by atoms with Crippen molar-refractivity contribution in [3.05, 3.63) is 49.3 Å². The number of aromatic amines is 1. The number of fused-ring (bicyclic) bond motifs is 1. The molecule has 118 valence electrons. The maximum Gasteiger partial charge on any atom is 0.255 e. The van der Waals surface area contributed by atoms with Crippen LogP contribution < -0.4 is 5.56 Å². The summed E-state index contributed by atoms with van der Waals surface area (Å²) in [4.78, 5) is 25.0. The molecule has 0 fully saturated rings. The Morgan fingerprint density at radius 1 is 1.32 bits per heavy atom. The zero-order chi connectivity index (χ0) is 15.5. The molecular formula is C17H23N3OS. The Morgan fingerprint density at radius 2 is 2.14 bits per heavy atom. The molecule has 0 atom stereocenters. The molecule has 0 amide bonds. The highest BCUT2D eigenvalue weighted by Crippen LogP contribution is 2.22. The number of aryl methyl sites for hydroxylation is 2. The van der Waals surface area contributed by atoms with Crippen molar-refractivity contribution >= 4 is 11.3 Å². The molecule has 22 heavy (non-hydrogen) atoms. The molecule has 2 aromatic heterocycles. The minimum absolute atomic E-state index is 0.0542. The molecule has 0 spiro atoms. The maximum atomic E-state index is 12.3. The van der Waals surface area contributed by atoms with Gasteiger partial charge in [-0.25, -0.2) is 4.98 Å². The Morgan fingerprint density at radius 3 is 2.86 bits per heavy atom. The van der Waals surface area contributed by atoms with Gasteiger partial charge in [0, 0.05) is 42.2 Å². The first-order valence-corrected chi connectivity index (χ1v) is 8.92. The van der Waals surface area contributed by atoms with Crippen LogP contribution >= 0.6 is 11.3 Å². The van der Waals surface area contributed by atoms with Gasteiger partial charge in [0.15, 0.2) is 0 Å². The van der Waals surface area contributed by atoms with Crippen LogP contribution in [0.2, 0.25) is 0 Å². The first kappa shape index (κ1) is 15.4. The molecule has 3 rings (SSSR count). The highest BCUT2D eigenvalue weighted by Gasteiger charge is 2.21. The lowest BCUT2D eigenvalue weighted by atomic mass is 10.1. The largest absolute Gasteiger partial charge is 0.310 e. The summed E-state index contributed by atoms with van der Waals surface area (Å²) in [5.74, 6) is 0.838. The van der Waals surface area contributed by atoms with Crippen LogP contribution in [0, 0.1) is 0 Å². The van der Waals surface area contributed by atoms with Crippen molar-refractivity contribution in [2.24, 2.45) is 0 Å². The zero-order valence-corrected chi connectivity index (χ0v) is 14.1. The van der Waals surface area contributed by atoms with Crippen LogP contribution in [0.1, 0.15) is 47.1 Å². The predicted octanol–water partition coefficient (Wildman–Crippen LogP) is 2.90. The smallest absolute Gasteiger partial charge is 0.255 e. The number of nitrogens with one attached hydrogen (secondary N) is 1. The molecule has 4 nitrogen and oxygen atoms in total. The van der Waals surface area contributed by atoms with E-state index in [0.717, 1.165) is 55.9 Å². The third-order valence-electron chi connectivity index (χ3n) is 4.13. The van der Waals surface area contributed by atoms with Gasteiger partial charge < -0.3 is 4.98 Å². The lowest BCUT2D eigenvalue weighted by Gasteiger charge is -2.27. The Labute approximate surface area is 135 Å². The molecule has 0 saturated heterocycles. The standard InChI is InChI=1S/C17H23N3OS/c1-3-5-16-18-15-8-9-20(11-14(15)17(21)19-16)10-13-7-6-12(4-2)22-13/h6-7H,3-5,8-11H2,1-2H3,(H,18,19,21). The van der Waals surface area contributed by atoms with E-state index in [4.69, 9.17) is 0 Å².